The van der Waals surface area contributed by atoms with Gasteiger partial charge < -0.3 is 0 Å². The van der Waals surface area contributed by atoms with E-state index in [1.807, 2.05) is 0 Å². The van der Waals surface area contributed by atoms with Crippen molar-refractivity contribution in [1.29, 1.82) is 0 Å². The SMILES string of the molecule is c1cc2cc(c1)CSCC1CCC(CC1)CSCc1cccc(c1)CSCC1CCC(CC1)CSC2. The summed E-state index contributed by atoms with van der Waals surface area (Å²) in [5.41, 5.74) is 6.14. The summed E-state index contributed by atoms with van der Waals surface area (Å²) in [6.45, 7) is 0. The molecule has 36 heavy (non-hydrogen) atoms. The molecular weight excluding hydrogens is 513 g/mol. The van der Waals surface area contributed by atoms with Crippen LogP contribution in [0.4, 0.5) is 0 Å². The second-order valence-electron chi connectivity index (χ2n) is 11.5. The Kier molecular flexibility index (Phi) is 11.3. The predicted molar refractivity (Wildman–Crippen MR) is 168 cm³/mol. The van der Waals surface area contributed by atoms with Crippen LogP contribution in [0.5, 0.6) is 0 Å². The van der Waals surface area contributed by atoms with Gasteiger partial charge in [0.25, 0.3) is 0 Å². The summed E-state index contributed by atoms with van der Waals surface area (Å²) in [7, 11) is 0. The van der Waals surface area contributed by atoms with Gasteiger partial charge in [0.15, 0.2) is 0 Å². The first-order chi connectivity index (χ1) is 17.8. The van der Waals surface area contributed by atoms with Crippen molar-refractivity contribution in [3.05, 3.63) is 70.8 Å². The van der Waals surface area contributed by atoms with E-state index in [-0.39, 0.29) is 0 Å². The predicted octanol–water partition coefficient (Wildman–Crippen LogP) is 9.95. The molecular formula is C32H44S4. The van der Waals surface area contributed by atoms with Crippen LogP contribution in [0, 0.1) is 23.7 Å². The monoisotopic (exact) mass is 556 g/mol. The van der Waals surface area contributed by atoms with Gasteiger partial charge in [-0.05, 0) is 120 Å². The van der Waals surface area contributed by atoms with Crippen molar-refractivity contribution < 1.29 is 0 Å². The van der Waals surface area contributed by atoms with Gasteiger partial charge in [0, 0.05) is 23.0 Å². The zero-order valence-corrected chi connectivity index (χ0v) is 25.1. The fourth-order valence-corrected chi connectivity index (χ4v) is 10.9. The Morgan fingerprint density at radius 1 is 0.389 bits per heavy atom. The second kappa shape index (κ2) is 14.8. The van der Waals surface area contributed by atoms with E-state index < -0.39 is 0 Å². The molecule has 4 aliphatic heterocycles. The number of hydrogen-bond donors (Lipinski definition) is 0. The zero-order valence-electron chi connectivity index (χ0n) is 21.9. The van der Waals surface area contributed by atoms with Crippen molar-refractivity contribution in [3.8, 4) is 0 Å². The summed E-state index contributed by atoms with van der Waals surface area (Å²) in [6, 6.07) is 18.9. The Bertz CT molecular complexity index is 770. The molecule has 2 saturated carbocycles. The fourth-order valence-electron chi connectivity index (χ4n) is 6.12. The number of thioether (sulfide) groups is 4. The van der Waals surface area contributed by atoms with Crippen molar-refractivity contribution in [1.82, 2.24) is 0 Å². The first-order valence-corrected chi connectivity index (χ1v) is 18.9. The zero-order chi connectivity index (χ0) is 24.4. The topological polar surface area (TPSA) is 0 Å². The molecule has 8 rings (SSSR count). The highest BCUT2D eigenvalue weighted by molar-refractivity contribution is 7.99. The van der Waals surface area contributed by atoms with E-state index in [0.717, 1.165) is 23.7 Å². The van der Waals surface area contributed by atoms with Crippen molar-refractivity contribution >= 4 is 47.0 Å². The van der Waals surface area contributed by atoms with Crippen LogP contribution in [-0.4, -0.2) is 23.0 Å². The second-order valence-corrected chi connectivity index (χ2v) is 15.6. The van der Waals surface area contributed by atoms with E-state index in [1.54, 1.807) is 0 Å². The van der Waals surface area contributed by atoms with Crippen LogP contribution in [0.25, 0.3) is 0 Å². The van der Waals surface area contributed by atoms with Gasteiger partial charge in [-0.3, -0.25) is 0 Å². The molecule has 196 valence electrons. The van der Waals surface area contributed by atoms with E-state index in [2.05, 4.69) is 95.6 Å². The van der Waals surface area contributed by atoms with Crippen LogP contribution in [0.1, 0.15) is 73.6 Å². The maximum Gasteiger partial charge on any atom is 0.0184 e. The third kappa shape index (κ3) is 8.95. The minimum Gasteiger partial charge on any atom is -0.157 e. The van der Waals surface area contributed by atoms with Crippen molar-refractivity contribution in [2.45, 2.75) is 74.4 Å². The summed E-state index contributed by atoms with van der Waals surface area (Å²) >= 11 is 8.72. The van der Waals surface area contributed by atoms with Crippen LogP contribution < -0.4 is 0 Å². The smallest absolute Gasteiger partial charge is 0.0184 e. The van der Waals surface area contributed by atoms with Gasteiger partial charge in [0.2, 0.25) is 0 Å². The lowest BCUT2D eigenvalue weighted by molar-refractivity contribution is 0.315. The summed E-state index contributed by atoms with van der Waals surface area (Å²) < 4.78 is 0. The molecule has 8 bridgehead atoms. The first kappa shape index (κ1) is 27.4. The quantitative estimate of drug-likeness (QED) is 0.316. The number of hydrogen-bond acceptors (Lipinski definition) is 4. The molecule has 0 spiro atoms. The van der Waals surface area contributed by atoms with Gasteiger partial charge in [-0.2, -0.15) is 47.0 Å². The third-order valence-electron chi connectivity index (χ3n) is 8.40. The molecule has 2 aromatic carbocycles. The molecule has 0 unspecified atom stereocenters. The lowest BCUT2D eigenvalue weighted by atomic mass is 9.84. The molecule has 0 radical (unpaired) electrons. The van der Waals surface area contributed by atoms with Gasteiger partial charge in [-0.15, -0.1) is 0 Å². The Labute approximate surface area is 237 Å². The largest absolute Gasteiger partial charge is 0.157 e. The Morgan fingerprint density at radius 3 is 0.889 bits per heavy atom. The normalized spacial score (nSPS) is 29.1. The molecule has 0 saturated heterocycles. The minimum absolute atomic E-state index is 0.942. The maximum atomic E-state index is 2.49. The highest BCUT2D eigenvalue weighted by Crippen LogP contribution is 2.36. The van der Waals surface area contributed by atoms with Crippen molar-refractivity contribution in [2.75, 3.05) is 23.0 Å². The molecule has 0 atom stereocenters. The van der Waals surface area contributed by atoms with E-state index in [0.29, 0.717) is 0 Å². The average Bonchev–Trinajstić information content (AvgIpc) is 2.91. The summed E-state index contributed by atoms with van der Waals surface area (Å²) in [6.07, 6.45) is 11.6. The third-order valence-corrected chi connectivity index (χ3v) is 13.4. The lowest BCUT2D eigenvalue weighted by Crippen LogP contribution is -2.18. The molecule has 2 fully saturated rings. The summed E-state index contributed by atoms with van der Waals surface area (Å²) in [4.78, 5) is 0. The van der Waals surface area contributed by atoms with Gasteiger partial charge in [0.05, 0.1) is 0 Å². The highest BCUT2D eigenvalue weighted by Gasteiger charge is 2.22. The first-order valence-electron chi connectivity index (χ1n) is 14.3. The van der Waals surface area contributed by atoms with Crippen LogP contribution in [-0.2, 0) is 23.0 Å². The molecule has 6 aliphatic rings. The average molecular weight is 557 g/mol. The van der Waals surface area contributed by atoms with Crippen LogP contribution in [0.3, 0.4) is 0 Å². The van der Waals surface area contributed by atoms with Crippen molar-refractivity contribution in [2.24, 2.45) is 23.7 Å². The fraction of sp³-hybridized carbons (Fsp3) is 0.625. The van der Waals surface area contributed by atoms with Gasteiger partial charge in [-0.25, -0.2) is 0 Å². The molecule has 0 N–H and O–H groups in total. The standard InChI is InChI=1S/C32H44S4/c1-3-29-15-30(4-1)22-34-18-26-9-13-28(14-10-26)20-36-24-32-6-2-5-31(16-32)23-35-19-27-11-7-25(8-12-27)17-33-21-29/h1-6,15-16,25-28H,7-14,17-24H2. The highest BCUT2D eigenvalue weighted by atomic mass is 32.2. The van der Waals surface area contributed by atoms with E-state index in [1.165, 1.54) is 120 Å². The van der Waals surface area contributed by atoms with Gasteiger partial charge >= 0.3 is 0 Å². The van der Waals surface area contributed by atoms with Crippen LogP contribution in [0.2, 0.25) is 0 Å². The molecule has 4 heterocycles. The maximum absolute atomic E-state index is 2.49. The molecule has 2 aliphatic carbocycles. The van der Waals surface area contributed by atoms with E-state index in [4.69, 9.17) is 0 Å². The Hall–Kier alpha value is -0.160. The summed E-state index contributed by atoms with van der Waals surface area (Å²) in [5, 5.41) is 0. The molecule has 2 aromatic rings. The van der Waals surface area contributed by atoms with Gasteiger partial charge in [-0.1, -0.05) is 48.5 Å². The lowest BCUT2D eigenvalue weighted by Gasteiger charge is -2.28. The minimum atomic E-state index is 0.942. The van der Waals surface area contributed by atoms with E-state index in [9.17, 15) is 0 Å². The number of rotatable bonds is 0. The molecule has 0 nitrogen and oxygen atoms in total. The molecule has 0 amide bonds. The van der Waals surface area contributed by atoms with Crippen LogP contribution in [0.15, 0.2) is 48.5 Å². The van der Waals surface area contributed by atoms with E-state index >= 15 is 0 Å². The Balaban J connectivity index is 1.16. The van der Waals surface area contributed by atoms with Gasteiger partial charge in [0.1, 0.15) is 0 Å². The summed E-state index contributed by atoms with van der Waals surface area (Å²) in [5.74, 6) is 13.9. The molecule has 0 aromatic heterocycles. The van der Waals surface area contributed by atoms with Crippen molar-refractivity contribution in [3.63, 3.8) is 0 Å². The Morgan fingerprint density at radius 2 is 0.639 bits per heavy atom. The van der Waals surface area contributed by atoms with Crippen LogP contribution >= 0.6 is 47.0 Å². The number of benzene rings is 2. The molecule has 4 heteroatoms.